The molecule has 5 heteroatoms. The van der Waals surface area contributed by atoms with Crippen LogP contribution in [0.1, 0.15) is 26.7 Å². The van der Waals surface area contributed by atoms with E-state index in [1.54, 1.807) is 17.2 Å². The van der Waals surface area contributed by atoms with Gasteiger partial charge in [-0.3, -0.25) is 0 Å². The van der Waals surface area contributed by atoms with E-state index in [4.69, 9.17) is 0 Å². The summed E-state index contributed by atoms with van der Waals surface area (Å²) in [4.78, 5) is 8.36. The monoisotopic (exact) mass is 257 g/mol. The van der Waals surface area contributed by atoms with Gasteiger partial charge in [-0.2, -0.15) is 5.10 Å². The topological polar surface area (TPSA) is 55.6 Å². The molecule has 3 rings (SSSR count). The predicted octanol–water partition coefficient (Wildman–Crippen LogP) is 2.51. The first-order chi connectivity index (χ1) is 9.24. The van der Waals surface area contributed by atoms with Gasteiger partial charge in [0.2, 0.25) is 0 Å². The van der Waals surface area contributed by atoms with E-state index in [0.717, 1.165) is 23.3 Å². The van der Waals surface area contributed by atoms with Crippen molar-refractivity contribution in [2.24, 2.45) is 11.8 Å². The van der Waals surface area contributed by atoms with Gasteiger partial charge >= 0.3 is 0 Å². The van der Waals surface area contributed by atoms with Crippen molar-refractivity contribution in [1.82, 2.24) is 19.7 Å². The molecule has 1 saturated carbocycles. The fourth-order valence-electron chi connectivity index (χ4n) is 2.55. The minimum atomic E-state index is 0.555. The molecule has 2 aromatic heterocycles. The van der Waals surface area contributed by atoms with E-state index in [1.807, 2.05) is 12.1 Å². The highest BCUT2D eigenvalue weighted by Crippen LogP contribution is 2.36. The predicted molar refractivity (Wildman–Crippen MR) is 74.1 cm³/mol. The molecule has 1 aliphatic carbocycles. The molecule has 0 radical (unpaired) electrons. The van der Waals surface area contributed by atoms with Gasteiger partial charge in [0.15, 0.2) is 5.82 Å². The second-order valence-corrected chi connectivity index (χ2v) is 5.53. The number of aromatic nitrogens is 4. The molecule has 0 spiro atoms. The lowest BCUT2D eigenvalue weighted by Gasteiger charge is -2.39. The number of nitrogens with one attached hydrogen (secondary N) is 1. The molecule has 0 bridgehead atoms. The summed E-state index contributed by atoms with van der Waals surface area (Å²) in [5.41, 5.74) is 1.03. The number of nitrogens with zero attached hydrogens (tertiary/aromatic N) is 4. The van der Waals surface area contributed by atoms with Crippen LogP contribution in [0.15, 0.2) is 31.0 Å². The van der Waals surface area contributed by atoms with Crippen LogP contribution in [-0.2, 0) is 0 Å². The van der Waals surface area contributed by atoms with Crippen LogP contribution in [0.3, 0.4) is 0 Å². The third kappa shape index (κ3) is 2.45. The maximum atomic E-state index is 4.38. The van der Waals surface area contributed by atoms with Crippen LogP contribution in [0.25, 0.3) is 5.82 Å². The summed E-state index contributed by atoms with van der Waals surface area (Å²) in [6.07, 6.45) is 7.45. The largest absolute Gasteiger partial charge is 0.379 e. The van der Waals surface area contributed by atoms with Crippen molar-refractivity contribution in [3.05, 3.63) is 31.0 Å². The van der Waals surface area contributed by atoms with Crippen LogP contribution in [0, 0.1) is 11.8 Å². The van der Waals surface area contributed by atoms with Gasteiger partial charge < -0.3 is 5.32 Å². The third-order valence-electron chi connectivity index (χ3n) is 3.90. The zero-order valence-corrected chi connectivity index (χ0v) is 11.3. The van der Waals surface area contributed by atoms with E-state index in [2.05, 4.69) is 34.2 Å². The van der Waals surface area contributed by atoms with Crippen molar-refractivity contribution >= 4 is 5.69 Å². The molecular weight excluding hydrogens is 238 g/mol. The van der Waals surface area contributed by atoms with E-state index in [9.17, 15) is 0 Å². The molecule has 0 aliphatic heterocycles. The Hall–Kier alpha value is -1.91. The van der Waals surface area contributed by atoms with Gasteiger partial charge in [-0.25, -0.2) is 14.6 Å². The molecule has 19 heavy (non-hydrogen) atoms. The Morgan fingerprint density at radius 1 is 1.37 bits per heavy atom. The van der Waals surface area contributed by atoms with Gasteiger partial charge in [0, 0.05) is 12.2 Å². The molecule has 1 fully saturated rings. The van der Waals surface area contributed by atoms with Gasteiger partial charge in [0.1, 0.15) is 12.7 Å². The molecule has 1 N–H and O–H groups in total. The van der Waals surface area contributed by atoms with Gasteiger partial charge in [-0.1, -0.05) is 13.8 Å². The fourth-order valence-corrected chi connectivity index (χ4v) is 2.55. The van der Waals surface area contributed by atoms with E-state index >= 15 is 0 Å². The van der Waals surface area contributed by atoms with Gasteiger partial charge in [-0.15, -0.1) is 0 Å². The van der Waals surface area contributed by atoms with Gasteiger partial charge in [0.25, 0.3) is 0 Å². The fraction of sp³-hybridized carbons (Fsp3) is 0.500. The van der Waals surface area contributed by atoms with E-state index in [0.29, 0.717) is 6.04 Å². The minimum Gasteiger partial charge on any atom is -0.379 e. The quantitative estimate of drug-likeness (QED) is 0.914. The van der Waals surface area contributed by atoms with Crippen LogP contribution in [0.5, 0.6) is 0 Å². The number of anilines is 1. The molecule has 5 nitrogen and oxygen atoms in total. The normalized spacial score (nSPS) is 22.3. The average molecular weight is 257 g/mol. The summed E-state index contributed by atoms with van der Waals surface area (Å²) in [6.45, 7) is 4.59. The van der Waals surface area contributed by atoms with Crippen molar-refractivity contribution < 1.29 is 0 Å². The van der Waals surface area contributed by atoms with Gasteiger partial charge in [0.05, 0.1) is 5.69 Å². The zero-order chi connectivity index (χ0) is 13.2. The number of hydrogen-bond donors (Lipinski definition) is 1. The summed E-state index contributed by atoms with van der Waals surface area (Å²) < 4.78 is 1.70. The molecule has 100 valence electrons. The first-order valence-electron chi connectivity index (χ1n) is 6.80. The van der Waals surface area contributed by atoms with Crippen LogP contribution in [0.4, 0.5) is 5.69 Å². The smallest absolute Gasteiger partial charge is 0.178 e. The Balaban J connectivity index is 1.72. The molecule has 0 aromatic carbocycles. The van der Waals surface area contributed by atoms with Crippen LogP contribution < -0.4 is 5.32 Å². The molecular formula is C14H19N5. The summed E-state index contributed by atoms with van der Waals surface area (Å²) >= 11 is 0. The third-order valence-corrected chi connectivity index (χ3v) is 3.90. The molecule has 1 aliphatic rings. The molecule has 0 amide bonds. The SMILES string of the molecule is CC(C)C1CC(Nc2cccnc2-n2cncn2)C1. The Morgan fingerprint density at radius 2 is 2.21 bits per heavy atom. The van der Waals surface area contributed by atoms with Crippen molar-refractivity contribution in [3.63, 3.8) is 0 Å². The first kappa shape index (κ1) is 12.1. The summed E-state index contributed by atoms with van der Waals surface area (Å²) in [5, 5.41) is 7.71. The zero-order valence-electron chi connectivity index (χ0n) is 11.3. The average Bonchev–Trinajstić information content (AvgIpc) is 2.87. The molecule has 0 saturated heterocycles. The van der Waals surface area contributed by atoms with E-state index in [-0.39, 0.29) is 0 Å². The van der Waals surface area contributed by atoms with Gasteiger partial charge in [-0.05, 0) is 36.8 Å². The highest BCUT2D eigenvalue weighted by molar-refractivity contribution is 5.56. The lowest BCUT2D eigenvalue weighted by molar-refractivity contribution is 0.212. The van der Waals surface area contributed by atoms with Crippen LogP contribution in [0.2, 0.25) is 0 Å². The standard InChI is InChI=1S/C14H19N5/c1-10(2)11-6-12(7-11)18-13-4-3-5-16-14(13)19-9-15-8-17-19/h3-5,8-12,18H,6-7H2,1-2H3. The second kappa shape index (κ2) is 4.99. The number of rotatable bonds is 4. The minimum absolute atomic E-state index is 0.555. The molecule has 2 aromatic rings. The molecule has 0 atom stereocenters. The van der Waals surface area contributed by atoms with Crippen molar-refractivity contribution in [2.45, 2.75) is 32.7 Å². The summed E-state index contributed by atoms with van der Waals surface area (Å²) in [5.74, 6) is 2.44. The highest BCUT2D eigenvalue weighted by atomic mass is 15.3. The lowest BCUT2D eigenvalue weighted by atomic mass is 9.73. The van der Waals surface area contributed by atoms with E-state index in [1.165, 1.54) is 19.2 Å². The van der Waals surface area contributed by atoms with Crippen molar-refractivity contribution in [3.8, 4) is 5.82 Å². The Morgan fingerprint density at radius 3 is 2.89 bits per heavy atom. The van der Waals surface area contributed by atoms with Crippen LogP contribution >= 0.6 is 0 Å². The second-order valence-electron chi connectivity index (χ2n) is 5.53. The molecule has 2 heterocycles. The first-order valence-corrected chi connectivity index (χ1v) is 6.80. The Kier molecular flexibility index (Phi) is 3.19. The van der Waals surface area contributed by atoms with Crippen molar-refractivity contribution in [2.75, 3.05) is 5.32 Å². The van der Waals surface area contributed by atoms with Crippen molar-refractivity contribution in [1.29, 1.82) is 0 Å². The lowest BCUT2D eigenvalue weighted by Crippen LogP contribution is -2.38. The van der Waals surface area contributed by atoms with Crippen LogP contribution in [-0.4, -0.2) is 25.8 Å². The number of pyridine rings is 1. The highest BCUT2D eigenvalue weighted by Gasteiger charge is 2.31. The Bertz CT molecular complexity index is 529. The number of hydrogen-bond acceptors (Lipinski definition) is 4. The molecule has 0 unspecified atom stereocenters. The Labute approximate surface area is 113 Å². The van der Waals surface area contributed by atoms with E-state index < -0.39 is 0 Å². The summed E-state index contributed by atoms with van der Waals surface area (Å²) in [7, 11) is 0. The maximum Gasteiger partial charge on any atom is 0.178 e. The maximum absolute atomic E-state index is 4.38. The summed E-state index contributed by atoms with van der Waals surface area (Å²) in [6, 6.07) is 4.55.